The van der Waals surface area contributed by atoms with E-state index in [2.05, 4.69) is 51.1 Å². The molecule has 3 nitrogen and oxygen atoms in total. The summed E-state index contributed by atoms with van der Waals surface area (Å²) in [6, 6.07) is 6.51. The summed E-state index contributed by atoms with van der Waals surface area (Å²) >= 11 is 3.44. The van der Waals surface area contributed by atoms with Crippen molar-refractivity contribution in [2.45, 2.75) is 6.42 Å². The third-order valence-corrected chi connectivity index (χ3v) is 3.63. The van der Waals surface area contributed by atoms with Gasteiger partial charge >= 0.3 is 0 Å². The van der Waals surface area contributed by atoms with Crippen LogP contribution in [-0.4, -0.2) is 33.5 Å². The van der Waals surface area contributed by atoms with Gasteiger partial charge in [-0.1, -0.05) is 22.0 Å². The molecule has 4 heteroatoms. The number of imidazole rings is 1. The van der Waals surface area contributed by atoms with Gasteiger partial charge in [0.1, 0.15) is 0 Å². The average molecular weight is 282 g/mol. The fourth-order valence-electron chi connectivity index (χ4n) is 1.72. The molecule has 1 heterocycles. The van der Waals surface area contributed by atoms with Gasteiger partial charge in [-0.2, -0.15) is 0 Å². The Kier molecular flexibility index (Phi) is 3.61. The van der Waals surface area contributed by atoms with Crippen molar-refractivity contribution in [1.82, 2.24) is 14.5 Å². The number of rotatable bonds is 4. The minimum Gasteiger partial charge on any atom is -0.334 e. The van der Waals surface area contributed by atoms with Crippen LogP contribution in [0.2, 0.25) is 0 Å². The van der Waals surface area contributed by atoms with Crippen molar-refractivity contribution in [1.29, 1.82) is 0 Å². The summed E-state index contributed by atoms with van der Waals surface area (Å²) in [5.41, 5.74) is 4.54. The van der Waals surface area contributed by atoms with Crippen LogP contribution >= 0.6 is 15.9 Å². The standard InChI is InChI=1S/C12H16BrN3/c1-15(8-13)6-5-10-3-4-12-11(7-10)14-9-16(12)2/h3-4,7,9H,5-6,8H2,1-2H3. The van der Waals surface area contributed by atoms with Gasteiger partial charge in [-0.3, -0.25) is 4.90 Å². The van der Waals surface area contributed by atoms with Crippen LogP contribution < -0.4 is 0 Å². The first-order chi connectivity index (χ1) is 7.70. The van der Waals surface area contributed by atoms with Crippen LogP contribution in [0.25, 0.3) is 11.0 Å². The van der Waals surface area contributed by atoms with Crippen LogP contribution in [0.1, 0.15) is 5.56 Å². The molecule has 16 heavy (non-hydrogen) atoms. The summed E-state index contributed by atoms with van der Waals surface area (Å²) in [6.07, 6.45) is 2.92. The van der Waals surface area contributed by atoms with Gasteiger partial charge in [-0.05, 0) is 31.2 Å². The molecule has 2 aromatic rings. The number of halogens is 1. The van der Waals surface area contributed by atoms with Crippen LogP contribution in [0.5, 0.6) is 0 Å². The zero-order valence-corrected chi connectivity index (χ0v) is 11.2. The van der Waals surface area contributed by atoms with Crippen LogP contribution in [0, 0.1) is 0 Å². The molecular weight excluding hydrogens is 266 g/mol. The van der Waals surface area contributed by atoms with Crippen molar-refractivity contribution in [3.63, 3.8) is 0 Å². The second kappa shape index (κ2) is 4.97. The van der Waals surface area contributed by atoms with Gasteiger partial charge in [-0.15, -0.1) is 0 Å². The molecule has 0 fully saturated rings. The van der Waals surface area contributed by atoms with Gasteiger partial charge in [-0.25, -0.2) is 4.98 Å². The molecule has 0 aliphatic heterocycles. The molecule has 0 radical (unpaired) electrons. The molecule has 0 atom stereocenters. The summed E-state index contributed by atoms with van der Waals surface area (Å²) in [6.45, 7) is 1.06. The monoisotopic (exact) mass is 281 g/mol. The van der Waals surface area contributed by atoms with E-state index in [0.29, 0.717) is 0 Å². The van der Waals surface area contributed by atoms with Crippen molar-refractivity contribution in [2.24, 2.45) is 7.05 Å². The SMILES string of the molecule is CN(CBr)CCc1ccc2c(c1)ncn2C. The molecule has 0 saturated carbocycles. The smallest absolute Gasteiger partial charge is 0.0955 e. The lowest BCUT2D eigenvalue weighted by molar-refractivity contribution is 0.401. The van der Waals surface area contributed by atoms with Crippen molar-refractivity contribution < 1.29 is 0 Å². The number of benzene rings is 1. The largest absolute Gasteiger partial charge is 0.334 e. The van der Waals surface area contributed by atoms with Gasteiger partial charge in [0, 0.05) is 13.6 Å². The van der Waals surface area contributed by atoms with Crippen LogP contribution in [-0.2, 0) is 13.5 Å². The van der Waals surface area contributed by atoms with Crippen LogP contribution in [0.3, 0.4) is 0 Å². The van der Waals surface area contributed by atoms with Crippen molar-refractivity contribution in [3.05, 3.63) is 30.1 Å². The second-order valence-electron chi connectivity index (χ2n) is 4.13. The van der Waals surface area contributed by atoms with E-state index in [4.69, 9.17) is 0 Å². The third-order valence-electron chi connectivity index (χ3n) is 2.78. The first kappa shape index (κ1) is 11.6. The summed E-state index contributed by atoms with van der Waals surface area (Å²) in [7, 11) is 4.13. The molecule has 0 aliphatic rings. The predicted octanol–water partition coefficient (Wildman–Crippen LogP) is 2.40. The highest BCUT2D eigenvalue weighted by Crippen LogP contribution is 2.14. The normalized spacial score (nSPS) is 11.5. The molecule has 0 N–H and O–H groups in total. The van der Waals surface area contributed by atoms with Gasteiger partial charge in [0.15, 0.2) is 0 Å². The number of alkyl halides is 1. The van der Waals surface area contributed by atoms with Gasteiger partial charge in [0.05, 0.1) is 22.8 Å². The van der Waals surface area contributed by atoms with E-state index in [-0.39, 0.29) is 0 Å². The van der Waals surface area contributed by atoms with E-state index in [1.807, 2.05) is 17.9 Å². The Morgan fingerprint density at radius 3 is 3.00 bits per heavy atom. The maximum absolute atomic E-state index is 4.37. The van der Waals surface area contributed by atoms with Crippen LogP contribution in [0.4, 0.5) is 0 Å². The number of likely N-dealkylation sites (N-methyl/N-ethyl adjacent to an activating group) is 1. The molecule has 1 aromatic carbocycles. The number of hydrogen-bond donors (Lipinski definition) is 0. The maximum Gasteiger partial charge on any atom is 0.0955 e. The lowest BCUT2D eigenvalue weighted by Crippen LogP contribution is -2.18. The van der Waals surface area contributed by atoms with Gasteiger partial charge in [0.25, 0.3) is 0 Å². The van der Waals surface area contributed by atoms with Crippen LogP contribution in [0.15, 0.2) is 24.5 Å². The van der Waals surface area contributed by atoms with Crippen molar-refractivity contribution in [3.8, 4) is 0 Å². The Hall–Kier alpha value is -0.870. The summed E-state index contributed by atoms with van der Waals surface area (Å²) in [5.74, 6) is 0. The highest BCUT2D eigenvalue weighted by molar-refractivity contribution is 9.09. The Balaban J connectivity index is 2.14. The number of aryl methyl sites for hydroxylation is 1. The topological polar surface area (TPSA) is 21.1 Å². The summed E-state index contributed by atoms with van der Waals surface area (Å²) in [4.78, 5) is 6.60. The zero-order valence-electron chi connectivity index (χ0n) is 9.65. The molecule has 0 spiro atoms. The van der Waals surface area contributed by atoms with E-state index in [0.717, 1.165) is 23.9 Å². The second-order valence-corrected chi connectivity index (χ2v) is 4.63. The number of fused-ring (bicyclic) bond motifs is 1. The fourth-order valence-corrected chi connectivity index (χ4v) is 1.97. The summed E-state index contributed by atoms with van der Waals surface area (Å²) in [5, 5.41) is 0. The number of hydrogen-bond acceptors (Lipinski definition) is 2. The molecule has 0 aliphatic carbocycles. The van der Waals surface area contributed by atoms with Crippen molar-refractivity contribution in [2.75, 3.05) is 19.0 Å². The van der Waals surface area contributed by atoms with Gasteiger partial charge < -0.3 is 4.57 Å². The number of nitrogens with zero attached hydrogens (tertiary/aromatic N) is 3. The fraction of sp³-hybridized carbons (Fsp3) is 0.417. The highest BCUT2D eigenvalue weighted by atomic mass is 79.9. The van der Waals surface area contributed by atoms with Gasteiger partial charge in [0.2, 0.25) is 0 Å². The molecule has 86 valence electrons. The highest BCUT2D eigenvalue weighted by Gasteiger charge is 2.02. The predicted molar refractivity (Wildman–Crippen MR) is 70.8 cm³/mol. The molecule has 2 rings (SSSR count). The summed E-state index contributed by atoms with van der Waals surface area (Å²) < 4.78 is 2.05. The Bertz CT molecular complexity index is 478. The lowest BCUT2D eigenvalue weighted by Gasteiger charge is -2.12. The Morgan fingerprint density at radius 1 is 1.44 bits per heavy atom. The maximum atomic E-state index is 4.37. The Morgan fingerprint density at radius 2 is 2.25 bits per heavy atom. The van der Waals surface area contributed by atoms with E-state index in [1.165, 1.54) is 11.1 Å². The van der Waals surface area contributed by atoms with E-state index in [1.54, 1.807) is 0 Å². The molecule has 0 unspecified atom stereocenters. The lowest BCUT2D eigenvalue weighted by atomic mass is 10.1. The quantitative estimate of drug-likeness (QED) is 0.634. The molecular formula is C12H16BrN3. The average Bonchev–Trinajstić information content (AvgIpc) is 2.67. The first-order valence-corrected chi connectivity index (χ1v) is 6.47. The Labute approximate surface area is 104 Å². The molecule has 0 amide bonds. The number of aromatic nitrogens is 2. The van der Waals surface area contributed by atoms with E-state index in [9.17, 15) is 0 Å². The van der Waals surface area contributed by atoms with E-state index >= 15 is 0 Å². The van der Waals surface area contributed by atoms with Crippen molar-refractivity contribution >= 4 is 27.0 Å². The third kappa shape index (κ3) is 2.44. The molecule has 0 saturated heterocycles. The molecule has 1 aromatic heterocycles. The minimum atomic E-state index is 0.916. The minimum absolute atomic E-state index is 0.916. The first-order valence-electron chi connectivity index (χ1n) is 5.35. The molecule has 0 bridgehead atoms. The zero-order chi connectivity index (χ0) is 11.5. The van der Waals surface area contributed by atoms with E-state index < -0.39 is 0 Å².